The van der Waals surface area contributed by atoms with E-state index in [4.69, 9.17) is 23.9 Å². The summed E-state index contributed by atoms with van der Waals surface area (Å²) in [5, 5.41) is 6.85. The molecule has 31 heavy (non-hydrogen) atoms. The van der Waals surface area contributed by atoms with Crippen molar-refractivity contribution in [3.05, 3.63) is 18.2 Å². The molecule has 0 amide bonds. The van der Waals surface area contributed by atoms with Crippen molar-refractivity contribution in [1.29, 1.82) is 0 Å². The minimum atomic E-state index is 0.396. The maximum absolute atomic E-state index is 5.82. The monoisotopic (exact) mass is 434 g/mol. The summed E-state index contributed by atoms with van der Waals surface area (Å²) in [5.41, 5.74) is 0.926. The number of benzene rings is 1. The Morgan fingerprint density at radius 1 is 1.19 bits per heavy atom. The summed E-state index contributed by atoms with van der Waals surface area (Å²) in [7, 11) is 3.88. The summed E-state index contributed by atoms with van der Waals surface area (Å²) in [6.45, 7) is 7.03. The van der Waals surface area contributed by atoms with Gasteiger partial charge in [-0.05, 0) is 45.4 Å². The lowest BCUT2D eigenvalue weighted by molar-refractivity contribution is 0.0699. The number of anilines is 1. The molecule has 3 rings (SSSR count). The number of fused-ring (bicyclic) bond motifs is 1. The standard InChI is InChI=1S/C23H38N4O4/c1-18(27(2)20-7-8-20)17-25-23(24-10-4-11-29-15-14-28-3)26-19-6-9-21-22(16-19)31-13-5-12-30-21/h6,9,16,18,20H,4-5,7-8,10-15,17H2,1-3H3,(H2,24,25,26). The minimum absolute atomic E-state index is 0.396. The molecular formula is C23H38N4O4. The summed E-state index contributed by atoms with van der Waals surface area (Å²) in [5.74, 6) is 2.33. The molecule has 1 aromatic carbocycles. The first-order valence-electron chi connectivity index (χ1n) is 11.4. The van der Waals surface area contributed by atoms with E-state index in [9.17, 15) is 0 Å². The summed E-state index contributed by atoms with van der Waals surface area (Å²) in [6.07, 6.45) is 4.38. The third kappa shape index (κ3) is 8.20. The zero-order valence-electron chi connectivity index (χ0n) is 19.2. The van der Waals surface area contributed by atoms with E-state index < -0.39 is 0 Å². The molecule has 1 heterocycles. The van der Waals surface area contributed by atoms with Crippen molar-refractivity contribution in [1.82, 2.24) is 10.2 Å². The van der Waals surface area contributed by atoms with Crippen LogP contribution in [0.15, 0.2) is 23.2 Å². The highest BCUT2D eigenvalue weighted by atomic mass is 16.5. The van der Waals surface area contributed by atoms with Crippen LogP contribution in [0.5, 0.6) is 11.5 Å². The average Bonchev–Trinajstić information content (AvgIpc) is 3.63. The third-order valence-electron chi connectivity index (χ3n) is 5.53. The Hall–Kier alpha value is -2.03. The summed E-state index contributed by atoms with van der Waals surface area (Å²) < 4.78 is 22.1. The Balaban J connectivity index is 1.56. The van der Waals surface area contributed by atoms with Crippen LogP contribution in [0.1, 0.15) is 32.6 Å². The number of likely N-dealkylation sites (N-methyl/N-ethyl adjacent to an activating group) is 1. The molecule has 0 spiro atoms. The van der Waals surface area contributed by atoms with Gasteiger partial charge in [0, 0.05) is 50.5 Å². The topological polar surface area (TPSA) is 76.6 Å². The first kappa shape index (κ1) is 23.6. The number of methoxy groups -OCH3 is 1. The lowest BCUT2D eigenvalue weighted by Crippen LogP contribution is -2.36. The zero-order chi connectivity index (χ0) is 21.9. The Kier molecular flexibility index (Phi) is 9.71. The zero-order valence-corrected chi connectivity index (χ0v) is 19.2. The number of guanidine groups is 1. The summed E-state index contributed by atoms with van der Waals surface area (Å²) in [6, 6.07) is 7.05. The highest BCUT2D eigenvalue weighted by Gasteiger charge is 2.28. The Bertz CT molecular complexity index is 696. The van der Waals surface area contributed by atoms with E-state index in [2.05, 4.69) is 29.5 Å². The number of rotatable bonds is 12. The molecule has 1 fully saturated rings. The van der Waals surface area contributed by atoms with E-state index in [1.165, 1.54) is 12.8 Å². The molecule has 0 radical (unpaired) electrons. The van der Waals surface area contributed by atoms with E-state index >= 15 is 0 Å². The van der Waals surface area contributed by atoms with Gasteiger partial charge < -0.3 is 29.6 Å². The van der Waals surface area contributed by atoms with Crippen molar-refractivity contribution in [3.8, 4) is 11.5 Å². The number of ether oxygens (including phenoxy) is 4. The number of hydrogen-bond acceptors (Lipinski definition) is 6. The van der Waals surface area contributed by atoms with Gasteiger partial charge in [-0.2, -0.15) is 0 Å². The van der Waals surface area contributed by atoms with E-state index in [-0.39, 0.29) is 0 Å². The largest absolute Gasteiger partial charge is 0.490 e. The molecule has 1 unspecified atom stereocenters. The normalized spacial score (nSPS) is 17.4. The van der Waals surface area contributed by atoms with Crippen LogP contribution in [0.4, 0.5) is 5.69 Å². The second kappa shape index (κ2) is 12.7. The lowest BCUT2D eigenvalue weighted by Gasteiger charge is -2.23. The molecule has 0 aromatic heterocycles. The molecular weight excluding hydrogens is 396 g/mol. The molecule has 1 aromatic rings. The average molecular weight is 435 g/mol. The van der Waals surface area contributed by atoms with Crippen molar-refractivity contribution < 1.29 is 18.9 Å². The van der Waals surface area contributed by atoms with Gasteiger partial charge in [0.25, 0.3) is 0 Å². The first-order valence-corrected chi connectivity index (χ1v) is 11.4. The first-order chi connectivity index (χ1) is 15.2. The fourth-order valence-electron chi connectivity index (χ4n) is 3.34. The van der Waals surface area contributed by atoms with Crippen LogP contribution in [0, 0.1) is 0 Å². The van der Waals surface area contributed by atoms with E-state index in [1.54, 1.807) is 7.11 Å². The molecule has 0 saturated heterocycles. The van der Waals surface area contributed by atoms with Crippen LogP contribution in [0.2, 0.25) is 0 Å². The highest BCUT2D eigenvalue weighted by molar-refractivity contribution is 5.94. The van der Waals surface area contributed by atoms with Crippen molar-refractivity contribution in [2.24, 2.45) is 4.99 Å². The van der Waals surface area contributed by atoms with Crippen molar-refractivity contribution >= 4 is 11.6 Å². The van der Waals surface area contributed by atoms with Crippen LogP contribution in [0.3, 0.4) is 0 Å². The Morgan fingerprint density at radius 3 is 2.77 bits per heavy atom. The van der Waals surface area contributed by atoms with Crippen LogP contribution in [-0.4, -0.2) is 83.2 Å². The van der Waals surface area contributed by atoms with E-state index in [0.29, 0.717) is 39.1 Å². The quantitative estimate of drug-likeness (QED) is 0.298. The van der Waals surface area contributed by atoms with Gasteiger partial charge in [0.1, 0.15) is 0 Å². The molecule has 1 aliphatic carbocycles. The van der Waals surface area contributed by atoms with Gasteiger partial charge in [-0.3, -0.25) is 9.89 Å². The number of nitrogens with one attached hydrogen (secondary N) is 2. The third-order valence-corrected chi connectivity index (χ3v) is 5.53. The highest BCUT2D eigenvalue weighted by Crippen LogP contribution is 2.32. The van der Waals surface area contributed by atoms with Crippen molar-refractivity contribution in [2.45, 2.75) is 44.7 Å². The Labute approximate surface area is 186 Å². The summed E-state index contributed by atoms with van der Waals surface area (Å²) in [4.78, 5) is 7.28. The number of aliphatic imine (C=N–C) groups is 1. The second-order valence-electron chi connectivity index (χ2n) is 8.16. The predicted molar refractivity (Wildman–Crippen MR) is 124 cm³/mol. The van der Waals surface area contributed by atoms with Gasteiger partial charge in [-0.25, -0.2) is 0 Å². The predicted octanol–water partition coefficient (Wildman–Crippen LogP) is 2.74. The molecule has 0 bridgehead atoms. The maximum atomic E-state index is 5.82. The van der Waals surface area contributed by atoms with E-state index in [0.717, 1.165) is 55.1 Å². The molecule has 174 valence electrons. The van der Waals surface area contributed by atoms with Gasteiger partial charge in [0.05, 0.1) is 33.0 Å². The smallest absolute Gasteiger partial charge is 0.195 e. The number of hydrogen-bond donors (Lipinski definition) is 2. The number of nitrogens with zero attached hydrogens (tertiary/aromatic N) is 2. The van der Waals surface area contributed by atoms with Gasteiger partial charge >= 0.3 is 0 Å². The molecule has 2 N–H and O–H groups in total. The molecule has 1 aliphatic heterocycles. The van der Waals surface area contributed by atoms with Crippen LogP contribution >= 0.6 is 0 Å². The second-order valence-corrected chi connectivity index (χ2v) is 8.16. The molecule has 8 heteroatoms. The van der Waals surface area contributed by atoms with Gasteiger partial charge in [-0.1, -0.05) is 0 Å². The maximum Gasteiger partial charge on any atom is 0.195 e. The minimum Gasteiger partial charge on any atom is -0.490 e. The van der Waals surface area contributed by atoms with Gasteiger partial charge in [0.2, 0.25) is 0 Å². The molecule has 2 aliphatic rings. The molecule has 1 saturated carbocycles. The SMILES string of the molecule is COCCOCCCNC(=NCC(C)N(C)C1CC1)Nc1ccc2c(c1)OCCCO2. The van der Waals surface area contributed by atoms with Crippen LogP contribution < -0.4 is 20.1 Å². The van der Waals surface area contributed by atoms with Gasteiger partial charge in [0.15, 0.2) is 17.5 Å². The lowest BCUT2D eigenvalue weighted by atomic mass is 10.2. The molecule has 1 atom stereocenters. The Morgan fingerprint density at radius 2 is 2.00 bits per heavy atom. The fourth-order valence-corrected chi connectivity index (χ4v) is 3.34. The fraction of sp³-hybridized carbons (Fsp3) is 0.696. The van der Waals surface area contributed by atoms with Crippen LogP contribution in [-0.2, 0) is 9.47 Å². The van der Waals surface area contributed by atoms with Crippen molar-refractivity contribution in [2.75, 3.05) is 65.6 Å². The van der Waals surface area contributed by atoms with Gasteiger partial charge in [-0.15, -0.1) is 0 Å². The summed E-state index contributed by atoms with van der Waals surface area (Å²) >= 11 is 0. The van der Waals surface area contributed by atoms with Crippen molar-refractivity contribution in [3.63, 3.8) is 0 Å². The molecule has 8 nitrogen and oxygen atoms in total. The van der Waals surface area contributed by atoms with E-state index in [1.807, 2.05) is 18.2 Å². The van der Waals surface area contributed by atoms with Crippen LogP contribution in [0.25, 0.3) is 0 Å².